The van der Waals surface area contributed by atoms with E-state index in [1.165, 1.54) is 193 Å². The van der Waals surface area contributed by atoms with Crippen LogP contribution < -0.4 is 10.6 Å². The zero-order valence-electron chi connectivity index (χ0n) is 59.0. The molecule has 3 aliphatic heterocycles. The summed E-state index contributed by atoms with van der Waals surface area (Å²) < 4.78 is 34.8. The second kappa shape index (κ2) is 53.1. The number of nitrogens with one attached hydrogen (secondary N) is 2. The number of aliphatic hydroxyl groups excluding tert-OH is 11. The van der Waals surface area contributed by atoms with E-state index in [4.69, 9.17) is 28.4 Å². The largest absolute Gasteiger partial charge is 0.477 e. The lowest BCUT2D eigenvalue weighted by atomic mass is 9.88. The molecule has 23 nitrogen and oxygen atoms in total. The van der Waals surface area contributed by atoms with Gasteiger partial charge in [0.15, 0.2) is 12.6 Å². The van der Waals surface area contributed by atoms with Crippen LogP contribution in [0.3, 0.4) is 0 Å². The number of carboxylic acid groups (broad SMARTS) is 1. The molecule has 562 valence electrons. The van der Waals surface area contributed by atoms with Crippen LogP contribution >= 0.6 is 0 Å². The normalized spacial score (nSPS) is 27.7. The molecule has 3 heterocycles. The predicted octanol–water partition coefficient (Wildman–Crippen LogP) is 8.40. The van der Waals surface area contributed by atoms with Crippen molar-refractivity contribution in [1.29, 1.82) is 0 Å². The van der Waals surface area contributed by atoms with Crippen molar-refractivity contribution in [3.8, 4) is 0 Å². The lowest BCUT2D eigenvalue weighted by Gasteiger charge is -2.50. The topological polar surface area (TPSA) is 373 Å². The molecular formula is C73H134N2O21. The molecule has 0 spiro atoms. The van der Waals surface area contributed by atoms with Crippen LogP contribution in [0, 0.1) is 0 Å². The predicted molar refractivity (Wildman–Crippen MR) is 366 cm³/mol. The highest BCUT2D eigenvalue weighted by Crippen LogP contribution is 2.39. The number of carbonyl (C=O) groups is 3. The summed E-state index contributed by atoms with van der Waals surface area (Å²) >= 11 is 0. The van der Waals surface area contributed by atoms with E-state index in [0.717, 1.165) is 51.9 Å². The van der Waals surface area contributed by atoms with Crippen LogP contribution in [-0.4, -0.2) is 215 Å². The summed E-state index contributed by atoms with van der Waals surface area (Å²) in [5.41, 5.74) is 0. The minimum absolute atomic E-state index is 0.201. The van der Waals surface area contributed by atoms with E-state index in [1.807, 2.05) is 6.08 Å². The Morgan fingerprint density at radius 2 is 0.979 bits per heavy atom. The first-order chi connectivity index (χ1) is 46.4. The van der Waals surface area contributed by atoms with Crippen molar-refractivity contribution in [3.05, 3.63) is 24.3 Å². The number of unbranched alkanes of at least 4 members (excludes halogenated alkanes) is 36. The summed E-state index contributed by atoms with van der Waals surface area (Å²) in [6, 6.07) is -2.62. The average molecular weight is 1380 g/mol. The number of amides is 2. The van der Waals surface area contributed by atoms with Gasteiger partial charge < -0.3 is 100 Å². The van der Waals surface area contributed by atoms with E-state index in [0.29, 0.717) is 12.8 Å². The van der Waals surface area contributed by atoms with Crippen molar-refractivity contribution in [3.63, 3.8) is 0 Å². The first-order valence-electron chi connectivity index (χ1n) is 37.7. The van der Waals surface area contributed by atoms with Gasteiger partial charge in [-0.1, -0.05) is 244 Å². The SMILES string of the molecule is CCCCCCCCCCCCCC/C=C\CCCCCCCCCCCCCC(=O)NC(COC1OC(CO)C(OC2OC(CO)C(O)C(OC3(C(=O)O)CC(O)C(NC(C)=O)C(C(O)C(O)CO)O3)C2O)C(O)C1O)C(O)/C=C/CCCCCCCCCCCCCCC. The number of rotatable bonds is 58. The van der Waals surface area contributed by atoms with Gasteiger partial charge in [0.2, 0.25) is 11.8 Å². The molecule has 0 radical (unpaired) electrons. The van der Waals surface area contributed by atoms with Gasteiger partial charge in [0.1, 0.15) is 67.1 Å². The zero-order chi connectivity index (χ0) is 70.4. The minimum atomic E-state index is -3.08. The fourth-order valence-electron chi connectivity index (χ4n) is 13.1. The molecule has 3 saturated heterocycles. The number of carbonyl (C=O) groups excluding carboxylic acids is 2. The third kappa shape index (κ3) is 34.3. The molecule has 0 aromatic rings. The molecule has 18 unspecified atom stereocenters. The van der Waals surface area contributed by atoms with Gasteiger partial charge in [-0.05, 0) is 44.9 Å². The highest BCUT2D eigenvalue weighted by atomic mass is 16.8. The number of hydrogen-bond donors (Lipinski definition) is 14. The number of allylic oxidation sites excluding steroid dienone is 3. The van der Waals surface area contributed by atoms with E-state index < -0.39 is 155 Å². The monoisotopic (exact) mass is 1370 g/mol. The van der Waals surface area contributed by atoms with Gasteiger partial charge in [0.05, 0.1) is 50.7 Å². The number of carboxylic acids is 1. The van der Waals surface area contributed by atoms with E-state index >= 15 is 0 Å². The summed E-state index contributed by atoms with van der Waals surface area (Å²) in [7, 11) is 0. The standard InChI is InChI=1S/C73H134N2O21/c1-4-6-8-10-12-14-16-18-20-21-22-23-24-25-26-27-28-29-30-31-33-35-37-39-41-43-45-47-60(83)75-54(55(80)46-44-42-40-38-36-34-32-19-17-15-13-11-9-7-5-2)52-91-70-65(87)64(86)67(59(51-78)93-70)94-71-66(88)69(63(85)58(50-77)92-71)96-73(72(89)90)48-56(81)61(74-53(3)79)68(95-73)62(84)57(82)49-76/h25-26,44,46,54-59,61-71,76-78,80-82,84-88H,4-24,27-43,45,47-52H2,1-3H3,(H,74,79)(H,75,83)(H,89,90)/b26-25-,46-44+. The van der Waals surface area contributed by atoms with E-state index in [-0.39, 0.29) is 12.3 Å². The minimum Gasteiger partial charge on any atom is -0.477 e. The van der Waals surface area contributed by atoms with Gasteiger partial charge in [-0.2, -0.15) is 0 Å². The molecule has 0 aromatic heterocycles. The fourth-order valence-corrected chi connectivity index (χ4v) is 13.1. The van der Waals surface area contributed by atoms with Crippen LogP contribution in [0.15, 0.2) is 24.3 Å². The molecule has 23 heteroatoms. The van der Waals surface area contributed by atoms with Crippen molar-refractivity contribution in [1.82, 2.24) is 10.6 Å². The number of aliphatic carboxylic acids is 1. The summed E-state index contributed by atoms with van der Waals surface area (Å²) in [4.78, 5) is 38.6. The Kier molecular flexibility index (Phi) is 48.3. The Labute approximate surface area is 574 Å². The lowest BCUT2D eigenvalue weighted by Crippen LogP contribution is -2.70. The van der Waals surface area contributed by atoms with Crippen LogP contribution in [0.5, 0.6) is 0 Å². The molecule has 3 rings (SSSR count). The molecule has 0 bridgehead atoms. The van der Waals surface area contributed by atoms with Gasteiger partial charge in [-0.3, -0.25) is 9.59 Å². The first-order valence-corrected chi connectivity index (χ1v) is 37.7. The number of aliphatic hydroxyl groups is 11. The summed E-state index contributed by atoms with van der Waals surface area (Å²) in [6.07, 6.45) is 26.5. The molecule has 14 N–H and O–H groups in total. The maximum atomic E-state index is 13.5. The fraction of sp³-hybridized carbons (Fsp3) is 0.904. The number of hydrogen-bond acceptors (Lipinski definition) is 20. The van der Waals surface area contributed by atoms with Crippen molar-refractivity contribution >= 4 is 17.8 Å². The van der Waals surface area contributed by atoms with Gasteiger partial charge >= 0.3 is 5.97 Å². The zero-order valence-corrected chi connectivity index (χ0v) is 59.0. The second-order valence-electron chi connectivity index (χ2n) is 27.5. The van der Waals surface area contributed by atoms with Crippen LogP contribution in [0.25, 0.3) is 0 Å². The smallest absolute Gasteiger partial charge is 0.364 e. The Bertz CT molecular complexity index is 2030. The van der Waals surface area contributed by atoms with Gasteiger partial charge in [-0.15, -0.1) is 0 Å². The van der Waals surface area contributed by atoms with Crippen molar-refractivity contribution in [2.75, 3.05) is 26.4 Å². The summed E-state index contributed by atoms with van der Waals surface area (Å²) in [6.45, 7) is 2.16. The molecule has 18 atom stereocenters. The highest BCUT2D eigenvalue weighted by Gasteiger charge is 2.60. The highest BCUT2D eigenvalue weighted by molar-refractivity contribution is 5.77. The van der Waals surface area contributed by atoms with Crippen LogP contribution in [-0.2, 0) is 42.8 Å². The molecular weight excluding hydrogens is 1240 g/mol. The Morgan fingerprint density at radius 3 is 1.42 bits per heavy atom. The molecule has 0 aliphatic carbocycles. The third-order valence-electron chi connectivity index (χ3n) is 19.1. The molecule has 2 amide bonds. The summed E-state index contributed by atoms with van der Waals surface area (Å²) in [5, 5.41) is 136. The molecule has 3 fully saturated rings. The second-order valence-corrected chi connectivity index (χ2v) is 27.5. The number of ether oxygens (including phenoxy) is 6. The van der Waals surface area contributed by atoms with E-state index in [1.54, 1.807) is 6.08 Å². The lowest BCUT2D eigenvalue weighted by molar-refractivity contribution is -0.386. The summed E-state index contributed by atoms with van der Waals surface area (Å²) in [5.74, 6) is -6.14. The molecule has 0 aromatic carbocycles. The van der Waals surface area contributed by atoms with Crippen molar-refractivity contribution < 1.29 is 104 Å². The molecule has 3 aliphatic rings. The third-order valence-corrected chi connectivity index (χ3v) is 19.1. The van der Waals surface area contributed by atoms with Crippen molar-refractivity contribution in [2.24, 2.45) is 0 Å². The van der Waals surface area contributed by atoms with E-state index in [2.05, 4.69) is 36.6 Å². The maximum absolute atomic E-state index is 13.5. The van der Waals surface area contributed by atoms with Crippen LogP contribution in [0.2, 0.25) is 0 Å². The average Bonchev–Trinajstić information content (AvgIpc) is 0.759. The quantitative estimate of drug-likeness (QED) is 0.0201. The van der Waals surface area contributed by atoms with Gasteiger partial charge in [0, 0.05) is 19.8 Å². The van der Waals surface area contributed by atoms with Gasteiger partial charge in [0.25, 0.3) is 5.79 Å². The van der Waals surface area contributed by atoms with Crippen LogP contribution in [0.4, 0.5) is 0 Å². The van der Waals surface area contributed by atoms with Crippen LogP contribution in [0.1, 0.15) is 284 Å². The molecule has 0 saturated carbocycles. The Hall–Kier alpha value is -2.79. The molecule has 96 heavy (non-hydrogen) atoms. The van der Waals surface area contributed by atoms with Gasteiger partial charge in [-0.25, -0.2) is 4.79 Å². The maximum Gasteiger partial charge on any atom is 0.364 e. The van der Waals surface area contributed by atoms with Crippen molar-refractivity contribution in [2.45, 2.75) is 394 Å². The van der Waals surface area contributed by atoms with E-state index in [9.17, 15) is 75.7 Å². The first kappa shape index (κ1) is 87.4. The Morgan fingerprint density at radius 1 is 0.542 bits per heavy atom. The Balaban J connectivity index is 1.53.